The summed E-state index contributed by atoms with van der Waals surface area (Å²) in [5, 5.41) is 6.67. The normalized spacial score (nSPS) is 10.5. The van der Waals surface area contributed by atoms with E-state index in [1.54, 1.807) is 6.07 Å². The molecule has 0 radical (unpaired) electrons. The third kappa shape index (κ3) is 3.09. The Morgan fingerprint density at radius 1 is 1.33 bits per heavy atom. The third-order valence-corrected chi connectivity index (χ3v) is 3.11. The molecule has 3 aromatic rings. The van der Waals surface area contributed by atoms with Crippen LogP contribution in [0, 0.1) is 4.77 Å². The average molecular weight is 300 g/mol. The first-order valence-electron chi connectivity index (χ1n) is 6.29. The van der Waals surface area contributed by atoms with Crippen LogP contribution in [0.25, 0.3) is 11.3 Å². The molecule has 6 nitrogen and oxygen atoms in total. The van der Waals surface area contributed by atoms with Crippen molar-refractivity contribution in [1.82, 2.24) is 20.4 Å². The van der Waals surface area contributed by atoms with E-state index < -0.39 is 0 Å². The van der Waals surface area contributed by atoms with Crippen LogP contribution in [-0.4, -0.2) is 21.0 Å². The van der Waals surface area contributed by atoms with E-state index in [9.17, 15) is 4.79 Å². The van der Waals surface area contributed by atoms with Crippen molar-refractivity contribution < 1.29 is 9.32 Å². The standard InChI is InChI=1S/C14H12N4O2S/c19-13(11-8-16-14(21)17-11)15-7-10-6-12(20-18-10)9-4-2-1-3-5-9/h1-6,8H,7H2,(H,15,19)(H2,16,17,21). The number of amides is 1. The largest absolute Gasteiger partial charge is 0.356 e. The molecule has 0 aliphatic heterocycles. The Bertz CT molecular complexity index is 804. The van der Waals surface area contributed by atoms with Crippen molar-refractivity contribution in [1.29, 1.82) is 0 Å². The molecule has 21 heavy (non-hydrogen) atoms. The molecule has 3 rings (SSSR count). The number of aromatic nitrogens is 3. The molecule has 0 aliphatic rings. The van der Waals surface area contributed by atoms with Gasteiger partial charge in [0.05, 0.1) is 6.54 Å². The van der Waals surface area contributed by atoms with E-state index >= 15 is 0 Å². The Kier molecular flexibility index (Phi) is 3.65. The van der Waals surface area contributed by atoms with Crippen LogP contribution < -0.4 is 5.32 Å². The molecule has 0 fully saturated rings. The minimum Gasteiger partial charge on any atom is -0.356 e. The van der Waals surface area contributed by atoms with Gasteiger partial charge in [0.15, 0.2) is 10.5 Å². The van der Waals surface area contributed by atoms with Crippen LogP contribution in [0.2, 0.25) is 0 Å². The van der Waals surface area contributed by atoms with Crippen LogP contribution >= 0.6 is 12.2 Å². The lowest BCUT2D eigenvalue weighted by Crippen LogP contribution is -2.23. The number of carbonyl (C=O) groups excluding carboxylic acids is 1. The summed E-state index contributed by atoms with van der Waals surface area (Å²) < 4.78 is 5.67. The summed E-state index contributed by atoms with van der Waals surface area (Å²) in [7, 11) is 0. The minimum atomic E-state index is -0.258. The van der Waals surface area contributed by atoms with Crippen molar-refractivity contribution >= 4 is 18.1 Å². The van der Waals surface area contributed by atoms with Crippen LogP contribution in [-0.2, 0) is 6.54 Å². The maximum atomic E-state index is 11.8. The first-order valence-corrected chi connectivity index (χ1v) is 6.70. The highest BCUT2D eigenvalue weighted by Gasteiger charge is 2.10. The first kappa shape index (κ1) is 13.3. The van der Waals surface area contributed by atoms with Gasteiger partial charge >= 0.3 is 0 Å². The van der Waals surface area contributed by atoms with Crippen molar-refractivity contribution in [3.05, 3.63) is 58.8 Å². The summed E-state index contributed by atoms with van der Waals surface area (Å²) in [6.45, 7) is 0.279. The second kappa shape index (κ2) is 5.76. The first-order chi connectivity index (χ1) is 10.2. The van der Waals surface area contributed by atoms with Crippen LogP contribution in [0.15, 0.2) is 47.1 Å². The maximum Gasteiger partial charge on any atom is 0.269 e. The number of hydrogen-bond acceptors (Lipinski definition) is 4. The van der Waals surface area contributed by atoms with Crippen LogP contribution in [0.3, 0.4) is 0 Å². The Labute approximate surface area is 125 Å². The van der Waals surface area contributed by atoms with Crippen LogP contribution in [0.1, 0.15) is 16.2 Å². The summed E-state index contributed by atoms with van der Waals surface area (Å²) in [6, 6.07) is 11.4. The highest BCUT2D eigenvalue weighted by atomic mass is 32.1. The zero-order valence-electron chi connectivity index (χ0n) is 10.9. The molecule has 0 unspecified atom stereocenters. The molecule has 3 N–H and O–H groups in total. The van der Waals surface area contributed by atoms with Gasteiger partial charge in [0, 0.05) is 17.8 Å². The number of nitrogens with zero attached hydrogens (tertiary/aromatic N) is 1. The summed E-state index contributed by atoms with van der Waals surface area (Å²) in [6.07, 6.45) is 1.52. The van der Waals surface area contributed by atoms with E-state index in [0.29, 0.717) is 21.9 Å². The summed E-state index contributed by atoms with van der Waals surface area (Å²) >= 11 is 4.87. The van der Waals surface area contributed by atoms with Crippen molar-refractivity contribution in [3.63, 3.8) is 0 Å². The number of nitrogens with one attached hydrogen (secondary N) is 3. The lowest BCUT2D eigenvalue weighted by atomic mass is 10.2. The molecule has 1 aromatic carbocycles. The molecule has 7 heteroatoms. The number of hydrogen-bond donors (Lipinski definition) is 3. The monoisotopic (exact) mass is 300 g/mol. The molecule has 0 spiro atoms. The zero-order chi connectivity index (χ0) is 14.7. The quantitative estimate of drug-likeness (QED) is 0.646. The number of carbonyl (C=O) groups is 1. The van der Waals surface area contributed by atoms with Crippen molar-refractivity contribution in [2.75, 3.05) is 0 Å². The van der Waals surface area contributed by atoms with Gasteiger partial charge in [0.25, 0.3) is 5.91 Å². The van der Waals surface area contributed by atoms with Crippen LogP contribution in [0.5, 0.6) is 0 Å². The van der Waals surface area contributed by atoms with Crippen molar-refractivity contribution in [2.24, 2.45) is 0 Å². The van der Waals surface area contributed by atoms with E-state index in [2.05, 4.69) is 20.4 Å². The van der Waals surface area contributed by atoms with Gasteiger partial charge in [-0.1, -0.05) is 35.5 Å². The molecule has 1 amide bonds. The second-order valence-electron chi connectivity index (χ2n) is 4.39. The van der Waals surface area contributed by atoms with E-state index in [1.807, 2.05) is 30.3 Å². The summed E-state index contributed by atoms with van der Waals surface area (Å²) in [4.78, 5) is 17.3. The molecule has 2 heterocycles. The number of aromatic amines is 2. The number of H-pyrrole nitrogens is 2. The fraction of sp³-hybridized carbons (Fsp3) is 0.0714. The van der Waals surface area contributed by atoms with Gasteiger partial charge in [0.1, 0.15) is 11.4 Å². The number of imidazole rings is 1. The molecule has 0 atom stereocenters. The topological polar surface area (TPSA) is 86.7 Å². The molecule has 106 valence electrons. The smallest absolute Gasteiger partial charge is 0.269 e. The summed E-state index contributed by atoms with van der Waals surface area (Å²) in [5.74, 6) is 0.410. The molecular weight excluding hydrogens is 288 g/mol. The molecule has 2 aromatic heterocycles. The van der Waals surface area contributed by atoms with Gasteiger partial charge in [-0.15, -0.1) is 0 Å². The number of benzene rings is 1. The maximum absolute atomic E-state index is 11.8. The van der Waals surface area contributed by atoms with Gasteiger partial charge in [0.2, 0.25) is 0 Å². The van der Waals surface area contributed by atoms with E-state index in [4.69, 9.17) is 16.7 Å². The van der Waals surface area contributed by atoms with Gasteiger partial charge < -0.3 is 19.8 Å². The van der Waals surface area contributed by atoms with E-state index in [-0.39, 0.29) is 12.5 Å². The molecule has 0 saturated heterocycles. The van der Waals surface area contributed by atoms with E-state index in [0.717, 1.165) is 5.56 Å². The highest BCUT2D eigenvalue weighted by molar-refractivity contribution is 7.71. The molecule has 0 bridgehead atoms. The second-order valence-corrected chi connectivity index (χ2v) is 4.80. The van der Waals surface area contributed by atoms with Crippen molar-refractivity contribution in [2.45, 2.75) is 6.54 Å². The predicted molar refractivity (Wildman–Crippen MR) is 79.1 cm³/mol. The molecular formula is C14H12N4O2S. The Balaban J connectivity index is 1.65. The zero-order valence-corrected chi connectivity index (χ0v) is 11.7. The predicted octanol–water partition coefficient (Wildman–Crippen LogP) is 2.66. The Hall–Kier alpha value is -2.67. The minimum absolute atomic E-state index is 0.258. The van der Waals surface area contributed by atoms with Gasteiger partial charge in [-0.3, -0.25) is 4.79 Å². The molecule has 0 aliphatic carbocycles. The Morgan fingerprint density at radius 3 is 2.86 bits per heavy atom. The fourth-order valence-electron chi connectivity index (χ4n) is 1.85. The van der Waals surface area contributed by atoms with Gasteiger partial charge in [-0.2, -0.15) is 0 Å². The SMILES string of the molecule is O=C(NCc1cc(-c2ccccc2)on1)c1c[nH]c(=S)[nH]1. The average Bonchev–Trinajstić information content (AvgIpc) is 3.15. The number of rotatable bonds is 4. The summed E-state index contributed by atoms with van der Waals surface area (Å²) in [5.41, 5.74) is 1.97. The lowest BCUT2D eigenvalue weighted by Gasteiger charge is -1.99. The fourth-order valence-corrected chi connectivity index (χ4v) is 2.02. The van der Waals surface area contributed by atoms with Crippen LogP contribution in [0.4, 0.5) is 0 Å². The van der Waals surface area contributed by atoms with Gasteiger partial charge in [-0.25, -0.2) is 0 Å². The lowest BCUT2D eigenvalue weighted by molar-refractivity contribution is 0.0945. The van der Waals surface area contributed by atoms with E-state index in [1.165, 1.54) is 6.20 Å². The third-order valence-electron chi connectivity index (χ3n) is 2.89. The van der Waals surface area contributed by atoms with Gasteiger partial charge in [-0.05, 0) is 12.2 Å². The van der Waals surface area contributed by atoms with Crippen molar-refractivity contribution in [3.8, 4) is 11.3 Å². The Morgan fingerprint density at radius 2 is 2.14 bits per heavy atom. The molecule has 0 saturated carbocycles. The highest BCUT2D eigenvalue weighted by Crippen LogP contribution is 2.19.